The van der Waals surface area contributed by atoms with E-state index >= 15 is 0 Å². The number of halogens is 2. The molecule has 1 unspecified atom stereocenters. The third kappa shape index (κ3) is 2.09. The molecule has 0 spiro atoms. The Bertz CT molecular complexity index is 253. The van der Waals surface area contributed by atoms with Gasteiger partial charge in [-0.05, 0) is 18.6 Å². The molecule has 65 valence electrons. The summed E-state index contributed by atoms with van der Waals surface area (Å²) in [7, 11) is 0. The van der Waals surface area contributed by atoms with Gasteiger partial charge in [-0.3, -0.25) is 0 Å². The molecule has 0 fully saturated rings. The molecule has 0 saturated heterocycles. The highest BCUT2D eigenvalue weighted by Crippen LogP contribution is 2.32. The maximum atomic E-state index is 11.5. The van der Waals surface area contributed by atoms with Gasteiger partial charge in [0.05, 0.1) is 0 Å². The van der Waals surface area contributed by atoms with Gasteiger partial charge in [0.15, 0.2) is 0 Å². The van der Waals surface area contributed by atoms with Crippen molar-refractivity contribution in [3.8, 4) is 0 Å². The summed E-state index contributed by atoms with van der Waals surface area (Å²) in [6, 6.07) is 5.68. The molecule has 1 rings (SSSR count). The van der Waals surface area contributed by atoms with E-state index in [0.29, 0.717) is 6.42 Å². The van der Waals surface area contributed by atoms with Crippen LogP contribution < -0.4 is 0 Å². The first-order valence-corrected chi connectivity index (χ1v) is 5.35. The topological polar surface area (TPSA) is 19.9 Å². The molecule has 1 aromatic rings. The summed E-state index contributed by atoms with van der Waals surface area (Å²) < 4.78 is 1.78. The maximum Gasteiger partial charge on any atom is 0.120 e. The van der Waals surface area contributed by atoms with Gasteiger partial charge in [-0.15, -0.1) is 0 Å². The van der Waals surface area contributed by atoms with E-state index in [1.807, 2.05) is 25.1 Å². The molecule has 0 aromatic heterocycles. The smallest absolute Gasteiger partial charge is 0.120 e. The Hall–Kier alpha value is 0.140. The average molecular weight is 293 g/mol. The van der Waals surface area contributed by atoms with Crippen LogP contribution >= 0.6 is 31.9 Å². The first kappa shape index (κ1) is 10.2. The normalized spacial score (nSPS) is 13.0. The van der Waals surface area contributed by atoms with Gasteiger partial charge >= 0.3 is 0 Å². The molecule has 0 aliphatic rings. The van der Waals surface area contributed by atoms with Crippen molar-refractivity contribution in [2.24, 2.45) is 0 Å². The summed E-state index contributed by atoms with van der Waals surface area (Å²) in [6.45, 7) is 1.89. The molecule has 12 heavy (non-hydrogen) atoms. The van der Waals surface area contributed by atoms with Crippen LogP contribution in [0.25, 0.3) is 0 Å². The van der Waals surface area contributed by atoms with Crippen LogP contribution in [-0.4, -0.2) is 0 Å². The molecular formula is C9H9Br2O. The SMILES string of the molecule is CCC([O])c1c(Br)cccc1Br. The summed E-state index contributed by atoms with van der Waals surface area (Å²) in [4.78, 5) is 0. The fourth-order valence-electron chi connectivity index (χ4n) is 1.02. The van der Waals surface area contributed by atoms with Crippen LogP contribution in [0.1, 0.15) is 25.0 Å². The van der Waals surface area contributed by atoms with Crippen molar-refractivity contribution in [2.75, 3.05) is 0 Å². The van der Waals surface area contributed by atoms with Crippen LogP contribution in [-0.2, 0) is 5.11 Å². The number of rotatable bonds is 2. The van der Waals surface area contributed by atoms with Gasteiger partial charge in [-0.1, -0.05) is 44.8 Å². The molecule has 0 aliphatic carbocycles. The fourth-order valence-corrected chi connectivity index (χ4v) is 2.53. The van der Waals surface area contributed by atoms with Crippen molar-refractivity contribution < 1.29 is 5.11 Å². The van der Waals surface area contributed by atoms with Crippen molar-refractivity contribution >= 4 is 31.9 Å². The van der Waals surface area contributed by atoms with Crippen molar-refractivity contribution in [1.29, 1.82) is 0 Å². The molecule has 1 atom stereocenters. The van der Waals surface area contributed by atoms with Crippen LogP contribution in [0.2, 0.25) is 0 Å². The zero-order chi connectivity index (χ0) is 9.14. The Labute approximate surface area is 89.1 Å². The third-order valence-corrected chi connectivity index (χ3v) is 3.08. The molecule has 0 heterocycles. The fraction of sp³-hybridized carbons (Fsp3) is 0.333. The van der Waals surface area contributed by atoms with Crippen LogP contribution in [0.5, 0.6) is 0 Å². The van der Waals surface area contributed by atoms with E-state index in [1.165, 1.54) is 0 Å². The zero-order valence-electron chi connectivity index (χ0n) is 6.68. The highest BCUT2D eigenvalue weighted by atomic mass is 79.9. The van der Waals surface area contributed by atoms with E-state index in [4.69, 9.17) is 0 Å². The minimum absolute atomic E-state index is 0.612. The van der Waals surface area contributed by atoms with Gasteiger partial charge < -0.3 is 0 Å². The van der Waals surface area contributed by atoms with E-state index in [-0.39, 0.29) is 0 Å². The Balaban J connectivity index is 3.12. The Morgan fingerprint density at radius 2 is 1.83 bits per heavy atom. The van der Waals surface area contributed by atoms with Crippen LogP contribution in [0.15, 0.2) is 27.1 Å². The van der Waals surface area contributed by atoms with Gasteiger partial charge in [-0.25, -0.2) is 5.11 Å². The summed E-state index contributed by atoms with van der Waals surface area (Å²) in [5, 5.41) is 11.5. The molecule has 0 saturated carbocycles. The molecular weight excluding hydrogens is 284 g/mol. The second-order valence-electron chi connectivity index (χ2n) is 2.53. The second-order valence-corrected chi connectivity index (χ2v) is 4.24. The second kappa shape index (κ2) is 4.40. The van der Waals surface area contributed by atoms with Crippen molar-refractivity contribution in [1.82, 2.24) is 0 Å². The predicted molar refractivity (Wildman–Crippen MR) is 55.6 cm³/mol. The van der Waals surface area contributed by atoms with Gasteiger partial charge in [0.2, 0.25) is 0 Å². The lowest BCUT2D eigenvalue weighted by Crippen LogP contribution is -1.95. The molecule has 3 heteroatoms. The monoisotopic (exact) mass is 291 g/mol. The molecule has 1 nitrogen and oxygen atoms in total. The minimum atomic E-state index is -0.644. The third-order valence-electron chi connectivity index (χ3n) is 1.69. The summed E-state index contributed by atoms with van der Waals surface area (Å²) in [5.74, 6) is 0. The highest BCUT2D eigenvalue weighted by Gasteiger charge is 2.13. The molecule has 0 N–H and O–H groups in total. The molecule has 1 aromatic carbocycles. The largest absolute Gasteiger partial charge is 0.228 e. The Kier molecular flexibility index (Phi) is 3.75. The minimum Gasteiger partial charge on any atom is -0.228 e. The van der Waals surface area contributed by atoms with Gasteiger partial charge in [-0.2, -0.15) is 0 Å². The predicted octanol–water partition coefficient (Wildman–Crippen LogP) is 4.09. The summed E-state index contributed by atoms with van der Waals surface area (Å²) >= 11 is 6.72. The standard InChI is InChI=1S/C9H9Br2O/c1-2-8(12)9-6(10)4-3-5-7(9)11/h3-5,8H,2H2,1H3. The average Bonchev–Trinajstić information content (AvgIpc) is 2.03. The zero-order valence-corrected chi connectivity index (χ0v) is 9.85. The number of hydrogen-bond acceptors (Lipinski definition) is 0. The van der Waals surface area contributed by atoms with Crippen molar-refractivity contribution in [2.45, 2.75) is 19.4 Å². The Morgan fingerprint density at radius 1 is 1.33 bits per heavy atom. The lowest BCUT2D eigenvalue weighted by molar-refractivity contribution is 0.0845. The van der Waals surface area contributed by atoms with E-state index in [9.17, 15) is 5.11 Å². The van der Waals surface area contributed by atoms with Crippen molar-refractivity contribution in [3.63, 3.8) is 0 Å². The molecule has 0 bridgehead atoms. The maximum absolute atomic E-state index is 11.5. The van der Waals surface area contributed by atoms with Crippen LogP contribution in [0.4, 0.5) is 0 Å². The summed E-state index contributed by atoms with van der Waals surface area (Å²) in [5.41, 5.74) is 0.819. The molecule has 0 aliphatic heterocycles. The van der Waals surface area contributed by atoms with Gasteiger partial charge in [0.25, 0.3) is 0 Å². The van der Waals surface area contributed by atoms with Crippen molar-refractivity contribution in [3.05, 3.63) is 32.7 Å². The molecule has 1 radical (unpaired) electrons. The van der Waals surface area contributed by atoms with Crippen LogP contribution in [0, 0.1) is 0 Å². The number of benzene rings is 1. The van der Waals surface area contributed by atoms with Crippen LogP contribution in [0.3, 0.4) is 0 Å². The highest BCUT2D eigenvalue weighted by molar-refractivity contribution is 9.11. The van der Waals surface area contributed by atoms with E-state index in [2.05, 4.69) is 31.9 Å². The van der Waals surface area contributed by atoms with E-state index < -0.39 is 6.10 Å². The quantitative estimate of drug-likeness (QED) is 0.782. The first-order valence-electron chi connectivity index (χ1n) is 3.76. The van der Waals surface area contributed by atoms with Gasteiger partial charge in [0, 0.05) is 14.5 Å². The molecule has 0 amide bonds. The van der Waals surface area contributed by atoms with E-state index in [1.54, 1.807) is 0 Å². The Morgan fingerprint density at radius 3 is 2.25 bits per heavy atom. The van der Waals surface area contributed by atoms with E-state index in [0.717, 1.165) is 14.5 Å². The lowest BCUT2D eigenvalue weighted by Gasteiger charge is -2.09. The lowest BCUT2D eigenvalue weighted by atomic mass is 10.1. The summed E-state index contributed by atoms with van der Waals surface area (Å²) in [6.07, 6.45) is -0.0313. The number of hydrogen-bond donors (Lipinski definition) is 0. The van der Waals surface area contributed by atoms with Gasteiger partial charge in [0.1, 0.15) is 6.10 Å². The first-order chi connectivity index (χ1) is 5.66.